The van der Waals surface area contributed by atoms with Crippen LogP contribution in [0.3, 0.4) is 0 Å². The minimum Gasteiger partial charge on any atom is -0.548 e. The summed E-state index contributed by atoms with van der Waals surface area (Å²) >= 11 is 18.1. The molecular weight excluding hydrogens is 356 g/mol. The van der Waals surface area contributed by atoms with Crippen LogP contribution in [0.2, 0.25) is 15.1 Å². The van der Waals surface area contributed by atoms with Crippen LogP contribution in [0.25, 0.3) is 0 Å². The van der Waals surface area contributed by atoms with Gasteiger partial charge in [-0.15, -0.1) is 0 Å². The molecule has 1 N–H and O–H groups in total. The molecule has 0 saturated carbocycles. The van der Waals surface area contributed by atoms with E-state index in [0.717, 1.165) is 5.56 Å². The fourth-order valence-electron chi connectivity index (χ4n) is 1.95. The van der Waals surface area contributed by atoms with Gasteiger partial charge in [0.05, 0.1) is 22.1 Å². The Bertz CT molecular complexity index is 694. The van der Waals surface area contributed by atoms with Crippen LogP contribution in [-0.2, 0) is 4.79 Å². The average Bonchev–Trinajstić information content (AvgIpc) is 2.44. The van der Waals surface area contributed by atoms with Crippen molar-refractivity contribution in [3.63, 3.8) is 0 Å². The molecule has 0 aromatic heterocycles. The number of anilines is 1. The number of carbonyl (C=O) groups excluding carboxylic acids is 1. The zero-order chi connectivity index (χ0) is 15.6. The van der Waals surface area contributed by atoms with Crippen LogP contribution in [0, 0.1) is 6.92 Å². The number of nitrogens with one attached hydrogen (secondary N) is 1. The standard InChI is InChI=1S/C15H12Cl3NO2.Na/c1-8-4-2-3-5-11(8)19-14(15(20)21)12-9(16)6-7-10(17)13(12)18;/h2-7,14,19H,1H3,(H,20,21);/q;+1/p-1. The van der Waals surface area contributed by atoms with Gasteiger partial charge in [0.15, 0.2) is 0 Å². The van der Waals surface area contributed by atoms with E-state index in [1.54, 1.807) is 12.1 Å². The molecule has 0 radical (unpaired) electrons. The number of carbonyl (C=O) groups is 1. The Morgan fingerprint density at radius 2 is 1.68 bits per heavy atom. The summed E-state index contributed by atoms with van der Waals surface area (Å²) in [5.41, 5.74) is 1.73. The quantitative estimate of drug-likeness (QED) is 0.645. The van der Waals surface area contributed by atoms with Gasteiger partial charge in [-0.2, -0.15) is 0 Å². The van der Waals surface area contributed by atoms with E-state index in [9.17, 15) is 9.90 Å². The topological polar surface area (TPSA) is 52.2 Å². The zero-order valence-electron chi connectivity index (χ0n) is 12.0. The Morgan fingerprint density at radius 3 is 2.27 bits per heavy atom. The van der Waals surface area contributed by atoms with E-state index in [-0.39, 0.29) is 50.2 Å². The van der Waals surface area contributed by atoms with Crippen molar-refractivity contribution in [2.24, 2.45) is 0 Å². The Balaban J connectivity index is 0.00000242. The fourth-order valence-corrected chi connectivity index (χ4v) is 2.70. The maximum atomic E-state index is 11.5. The molecule has 0 amide bonds. The Morgan fingerprint density at radius 1 is 1.09 bits per heavy atom. The normalized spacial score (nSPS) is 11.5. The van der Waals surface area contributed by atoms with Crippen LogP contribution < -0.4 is 40.0 Å². The van der Waals surface area contributed by atoms with Gasteiger partial charge in [0.1, 0.15) is 0 Å². The van der Waals surface area contributed by atoms with Gasteiger partial charge in [-0.05, 0) is 30.7 Å². The molecule has 3 nitrogen and oxygen atoms in total. The summed E-state index contributed by atoms with van der Waals surface area (Å²) in [4.78, 5) is 11.5. The predicted molar refractivity (Wildman–Crippen MR) is 84.0 cm³/mol. The van der Waals surface area contributed by atoms with Crippen LogP contribution in [0.15, 0.2) is 36.4 Å². The third-order valence-corrected chi connectivity index (χ3v) is 4.20. The second-order valence-corrected chi connectivity index (χ2v) is 5.66. The van der Waals surface area contributed by atoms with Crippen molar-refractivity contribution >= 4 is 46.5 Å². The Kier molecular flexibility index (Phi) is 7.53. The number of hydrogen-bond acceptors (Lipinski definition) is 3. The molecule has 0 aliphatic carbocycles. The van der Waals surface area contributed by atoms with Crippen molar-refractivity contribution in [3.05, 3.63) is 62.6 Å². The van der Waals surface area contributed by atoms with Gasteiger partial charge in [0.2, 0.25) is 0 Å². The van der Waals surface area contributed by atoms with E-state index < -0.39 is 12.0 Å². The van der Waals surface area contributed by atoms with Gasteiger partial charge < -0.3 is 15.2 Å². The van der Waals surface area contributed by atoms with Crippen molar-refractivity contribution in [2.45, 2.75) is 13.0 Å². The molecule has 1 atom stereocenters. The molecular formula is C15H11Cl3NNaO2. The van der Waals surface area contributed by atoms with Crippen molar-refractivity contribution in [2.75, 3.05) is 5.32 Å². The molecule has 0 bridgehead atoms. The number of aliphatic carboxylic acids is 1. The summed E-state index contributed by atoms with van der Waals surface area (Å²) in [5.74, 6) is -1.34. The molecule has 110 valence electrons. The molecule has 1 unspecified atom stereocenters. The largest absolute Gasteiger partial charge is 1.00 e. The Hall–Kier alpha value is -0.420. The summed E-state index contributed by atoms with van der Waals surface area (Å²) in [6.45, 7) is 1.86. The monoisotopic (exact) mass is 365 g/mol. The van der Waals surface area contributed by atoms with Crippen molar-refractivity contribution in [1.29, 1.82) is 0 Å². The van der Waals surface area contributed by atoms with E-state index in [1.807, 2.05) is 19.1 Å². The zero-order valence-corrected chi connectivity index (χ0v) is 16.3. The molecule has 0 saturated heterocycles. The Labute approximate surface area is 165 Å². The first kappa shape index (κ1) is 19.6. The number of carboxylic acids is 1. The second kappa shape index (κ2) is 8.44. The van der Waals surface area contributed by atoms with Gasteiger partial charge in [0, 0.05) is 16.3 Å². The van der Waals surface area contributed by atoms with Crippen molar-refractivity contribution < 1.29 is 39.5 Å². The van der Waals surface area contributed by atoms with Gasteiger partial charge in [0.25, 0.3) is 0 Å². The van der Waals surface area contributed by atoms with Crippen LogP contribution >= 0.6 is 34.8 Å². The van der Waals surface area contributed by atoms with Crippen LogP contribution in [0.1, 0.15) is 17.2 Å². The molecule has 0 heterocycles. The number of carboxylic acid groups (broad SMARTS) is 1. The molecule has 2 aromatic carbocycles. The van der Waals surface area contributed by atoms with E-state index in [4.69, 9.17) is 34.8 Å². The van der Waals surface area contributed by atoms with E-state index in [1.165, 1.54) is 12.1 Å². The van der Waals surface area contributed by atoms with Crippen LogP contribution in [-0.4, -0.2) is 5.97 Å². The molecule has 2 aromatic rings. The summed E-state index contributed by atoms with van der Waals surface area (Å²) in [6.07, 6.45) is 0. The number of benzene rings is 2. The molecule has 22 heavy (non-hydrogen) atoms. The summed E-state index contributed by atoms with van der Waals surface area (Å²) in [5, 5.41) is 14.9. The van der Waals surface area contributed by atoms with Gasteiger partial charge in [-0.1, -0.05) is 53.0 Å². The molecule has 0 fully saturated rings. The second-order valence-electron chi connectivity index (χ2n) is 4.47. The predicted octanol–water partition coefficient (Wildman–Crippen LogP) is 0.862. The minimum absolute atomic E-state index is 0. The number of rotatable bonds is 4. The van der Waals surface area contributed by atoms with Crippen molar-refractivity contribution in [3.8, 4) is 0 Å². The first-order chi connectivity index (χ1) is 9.91. The molecule has 0 aliphatic rings. The molecule has 7 heteroatoms. The third-order valence-electron chi connectivity index (χ3n) is 3.05. The summed E-state index contributed by atoms with van der Waals surface area (Å²) in [6, 6.07) is 9.07. The number of aryl methyl sites for hydroxylation is 1. The van der Waals surface area contributed by atoms with Gasteiger partial charge >= 0.3 is 29.6 Å². The number of halogens is 3. The van der Waals surface area contributed by atoms with Gasteiger partial charge in [-0.25, -0.2) is 0 Å². The van der Waals surface area contributed by atoms with Crippen LogP contribution in [0.4, 0.5) is 5.69 Å². The van der Waals surface area contributed by atoms with E-state index in [0.29, 0.717) is 5.69 Å². The van der Waals surface area contributed by atoms with Gasteiger partial charge in [-0.3, -0.25) is 0 Å². The smallest absolute Gasteiger partial charge is 0.548 e. The van der Waals surface area contributed by atoms with E-state index in [2.05, 4.69) is 5.32 Å². The molecule has 2 rings (SSSR count). The number of para-hydroxylation sites is 1. The fraction of sp³-hybridized carbons (Fsp3) is 0.133. The molecule has 0 aliphatic heterocycles. The average molecular weight is 367 g/mol. The van der Waals surface area contributed by atoms with Crippen LogP contribution in [0.5, 0.6) is 0 Å². The first-order valence-corrected chi connectivity index (χ1v) is 7.21. The third kappa shape index (κ3) is 4.31. The summed E-state index contributed by atoms with van der Waals surface area (Å²) in [7, 11) is 0. The van der Waals surface area contributed by atoms with Crippen molar-refractivity contribution in [1.82, 2.24) is 0 Å². The number of hydrogen-bond donors (Lipinski definition) is 1. The van der Waals surface area contributed by atoms with E-state index >= 15 is 0 Å². The maximum absolute atomic E-state index is 11.5. The SMILES string of the molecule is Cc1ccccc1NC(C(=O)[O-])c1c(Cl)ccc(Cl)c1Cl.[Na+]. The summed E-state index contributed by atoms with van der Waals surface area (Å²) < 4.78 is 0. The molecule has 0 spiro atoms. The first-order valence-electron chi connectivity index (χ1n) is 6.08. The maximum Gasteiger partial charge on any atom is 1.00 e. The minimum atomic E-state index is -1.34.